The molecule has 1 aromatic heterocycles. The van der Waals surface area contributed by atoms with Crippen molar-refractivity contribution in [2.24, 2.45) is 0 Å². The van der Waals surface area contributed by atoms with Crippen molar-refractivity contribution in [3.8, 4) is 0 Å². The molecule has 1 saturated heterocycles. The smallest absolute Gasteiger partial charge is 0.249 e. The summed E-state index contributed by atoms with van der Waals surface area (Å²) in [6.07, 6.45) is 4.45. The van der Waals surface area contributed by atoms with Gasteiger partial charge in [-0.25, -0.2) is 0 Å². The summed E-state index contributed by atoms with van der Waals surface area (Å²) in [6.45, 7) is 1.36. The number of carbonyl (C=O) groups excluding carboxylic acids is 1. The highest BCUT2D eigenvalue weighted by molar-refractivity contribution is 5.83. The minimum absolute atomic E-state index is 0.0253. The average Bonchev–Trinajstić information content (AvgIpc) is 3.08. The Kier molecular flexibility index (Phi) is 3.51. The van der Waals surface area contributed by atoms with Gasteiger partial charge in [-0.1, -0.05) is 18.2 Å². The Labute approximate surface area is 112 Å². The number of hydrogen-bond donors (Lipinski definition) is 2. The molecular weight excluding hydrogens is 240 g/mol. The minimum atomic E-state index is -0.233. The highest BCUT2D eigenvalue weighted by Crippen LogP contribution is 2.17. The second-order valence-corrected chi connectivity index (χ2v) is 4.90. The fraction of sp³-hybridized carbons (Fsp3) is 0.400. The topological polar surface area (TPSA) is 54.1 Å². The molecule has 2 N–H and O–H groups in total. The van der Waals surface area contributed by atoms with Crippen molar-refractivity contribution in [3.63, 3.8) is 0 Å². The Morgan fingerprint density at radius 1 is 1.42 bits per heavy atom. The molecule has 0 spiro atoms. The Morgan fingerprint density at radius 2 is 2.32 bits per heavy atom. The second kappa shape index (κ2) is 5.45. The number of hydrogen-bond acceptors (Lipinski definition) is 2. The van der Waals surface area contributed by atoms with Crippen molar-refractivity contribution in [3.05, 3.63) is 36.0 Å². The van der Waals surface area contributed by atoms with E-state index in [2.05, 4.69) is 22.4 Å². The van der Waals surface area contributed by atoms with Gasteiger partial charge in [-0.05, 0) is 30.9 Å². The van der Waals surface area contributed by atoms with Gasteiger partial charge in [0.25, 0.3) is 0 Å². The lowest BCUT2D eigenvalue weighted by molar-refractivity contribution is -0.129. The molecule has 1 fully saturated rings. The van der Waals surface area contributed by atoms with Gasteiger partial charge in [0, 0.05) is 30.3 Å². The first-order valence-corrected chi connectivity index (χ1v) is 6.79. The van der Waals surface area contributed by atoms with E-state index in [0.29, 0.717) is 13.2 Å². The molecule has 1 unspecified atom stereocenters. The van der Waals surface area contributed by atoms with E-state index >= 15 is 0 Å². The van der Waals surface area contributed by atoms with Crippen molar-refractivity contribution in [2.45, 2.75) is 25.4 Å². The lowest BCUT2D eigenvalue weighted by Gasteiger charge is -2.09. The Bertz CT molecular complexity index is 570. The number of carbonyl (C=O) groups is 1. The molecule has 0 bridgehead atoms. The first kappa shape index (κ1) is 12.2. The van der Waals surface area contributed by atoms with E-state index in [9.17, 15) is 4.79 Å². The Balaban J connectivity index is 1.56. The van der Waals surface area contributed by atoms with Gasteiger partial charge in [-0.3, -0.25) is 4.79 Å². The minimum Gasteiger partial charge on any atom is -0.368 e. The van der Waals surface area contributed by atoms with E-state index in [0.717, 1.165) is 24.8 Å². The van der Waals surface area contributed by atoms with Gasteiger partial charge in [0.05, 0.1) is 0 Å². The number of amides is 1. The maximum absolute atomic E-state index is 11.8. The van der Waals surface area contributed by atoms with E-state index in [1.54, 1.807) is 0 Å². The summed E-state index contributed by atoms with van der Waals surface area (Å²) in [4.78, 5) is 15.0. The van der Waals surface area contributed by atoms with E-state index in [4.69, 9.17) is 4.74 Å². The molecule has 3 rings (SSSR count). The molecule has 0 saturated carbocycles. The summed E-state index contributed by atoms with van der Waals surface area (Å²) in [7, 11) is 0. The molecule has 1 atom stereocenters. The summed E-state index contributed by atoms with van der Waals surface area (Å²) < 4.78 is 5.35. The molecule has 2 aromatic rings. The van der Waals surface area contributed by atoms with Crippen LogP contribution in [0.15, 0.2) is 30.5 Å². The van der Waals surface area contributed by atoms with Crippen molar-refractivity contribution in [1.82, 2.24) is 10.3 Å². The monoisotopic (exact) mass is 258 g/mol. The molecule has 4 nitrogen and oxygen atoms in total. The molecular formula is C15H18N2O2. The van der Waals surface area contributed by atoms with E-state index in [-0.39, 0.29) is 12.0 Å². The summed E-state index contributed by atoms with van der Waals surface area (Å²) in [6, 6.07) is 8.21. The Morgan fingerprint density at radius 3 is 3.16 bits per heavy atom. The van der Waals surface area contributed by atoms with Crippen LogP contribution in [0.1, 0.15) is 18.4 Å². The number of aromatic nitrogens is 1. The van der Waals surface area contributed by atoms with Gasteiger partial charge < -0.3 is 15.0 Å². The van der Waals surface area contributed by atoms with Crippen LogP contribution in [0.5, 0.6) is 0 Å². The van der Waals surface area contributed by atoms with Crippen molar-refractivity contribution in [2.75, 3.05) is 13.2 Å². The van der Waals surface area contributed by atoms with Gasteiger partial charge in [0.15, 0.2) is 0 Å². The highest BCUT2D eigenvalue weighted by atomic mass is 16.5. The van der Waals surface area contributed by atoms with Crippen LogP contribution in [-0.2, 0) is 16.0 Å². The lowest BCUT2D eigenvalue weighted by Crippen LogP contribution is -2.35. The van der Waals surface area contributed by atoms with Crippen LogP contribution in [0.2, 0.25) is 0 Å². The Hall–Kier alpha value is -1.81. The fourth-order valence-corrected chi connectivity index (χ4v) is 2.56. The zero-order chi connectivity index (χ0) is 13.1. The zero-order valence-electron chi connectivity index (χ0n) is 10.8. The molecule has 1 aliphatic rings. The van der Waals surface area contributed by atoms with Crippen LogP contribution in [-0.4, -0.2) is 30.1 Å². The van der Waals surface area contributed by atoms with E-state index in [1.165, 1.54) is 10.9 Å². The lowest BCUT2D eigenvalue weighted by atomic mass is 10.1. The number of para-hydroxylation sites is 1. The first-order valence-electron chi connectivity index (χ1n) is 6.79. The number of nitrogens with one attached hydrogen (secondary N) is 2. The SMILES string of the molecule is O=C(NCCc1c[nH]c2ccccc12)C1CCCO1. The highest BCUT2D eigenvalue weighted by Gasteiger charge is 2.22. The molecule has 1 amide bonds. The molecule has 0 radical (unpaired) electrons. The fourth-order valence-electron chi connectivity index (χ4n) is 2.56. The predicted molar refractivity (Wildman–Crippen MR) is 74.0 cm³/mol. The van der Waals surface area contributed by atoms with E-state index < -0.39 is 0 Å². The number of ether oxygens (including phenoxy) is 1. The maximum atomic E-state index is 11.8. The third-order valence-electron chi connectivity index (χ3n) is 3.59. The van der Waals surface area contributed by atoms with Crippen LogP contribution in [0.25, 0.3) is 10.9 Å². The predicted octanol–water partition coefficient (Wildman–Crippen LogP) is 2.01. The van der Waals surface area contributed by atoms with Crippen LogP contribution < -0.4 is 5.32 Å². The summed E-state index contributed by atoms with van der Waals surface area (Å²) >= 11 is 0. The maximum Gasteiger partial charge on any atom is 0.249 e. The summed E-state index contributed by atoms with van der Waals surface area (Å²) in [5, 5.41) is 4.18. The third-order valence-corrected chi connectivity index (χ3v) is 3.59. The summed E-state index contributed by atoms with van der Waals surface area (Å²) in [5.74, 6) is 0.0253. The van der Waals surface area contributed by atoms with Crippen LogP contribution in [0, 0.1) is 0 Å². The number of aromatic amines is 1. The quantitative estimate of drug-likeness (QED) is 0.881. The second-order valence-electron chi connectivity index (χ2n) is 4.90. The molecule has 4 heteroatoms. The van der Waals surface area contributed by atoms with Crippen molar-refractivity contribution < 1.29 is 9.53 Å². The van der Waals surface area contributed by atoms with Gasteiger partial charge in [-0.2, -0.15) is 0 Å². The zero-order valence-corrected chi connectivity index (χ0v) is 10.8. The van der Waals surface area contributed by atoms with Crippen molar-refractivity contribution >= 4 is 16.8 Å². The molecule has 1 aromatic carbocycles. The first-order chi connectivity index (χ1) is 9.34. The number of benzene rings is 1. The normalized spacial score (nSPS) is 18.8. The largest absolute Gasteiger partial charge is 0.368 e. The molecule has 0 aliphatic carbocycles. The number of H-pyrrole nitrogens is 1. The molecule has 2 heterocycles. The van der Waals surface area contributed by atoms with Gasteiger partial charge in [0.1, 0.15) is 6.10 Å². The van der Waals surface area contributed by atoms with Crippen LogP contribution in [0.3, 0.4) is 0 Å². The number of rotatable bonds is 4. The number of fused-ring (bicyclic) bond motifs is 1. The van der Waals surface area contributed by atoms with Crippen molar-refractivity contribution in [1.29, 1.82) is 0 Å². The third kappa shape index (κ3) is 2.63. The molecule has 1 aliphatic heterocycles. The van der Waals surface area contributed by atoms with Gasteiger partial charge >= 0.3 is 0 Å². The summed E-state index contributed by atoms with van der Waals surface area (Å²) in [5.41, 5.74) is 2.38. The molecule has 100 valence electrons. The van der Waals surface area contributed by atoms with Gasteiger partial charge in [-0.15, -0.1) is 0 Å². The molecule has 19 heavy (non-hydrogen) atoms. The van der Waals surface area contributed by atoms with E-state index in [1.807, 2.05) is 18.3 Å². The van der Waals surface area contributed by atoms with Crippen LogP contribution in [0.4, 0.5) is 0 Å². The standard InChI is InChI=1S/C15H18N2O2/c18-15(14-6-3-9-19-14)16-8-7-11-10-17-13-5-2-1-4-12(11)13/h1-2,4-5,10,14,17H,3,6-9H2,(H,16,18). The average molecular weight is 258 g/mol. The van der Waals surface area contributed by atoms with Crippen LogP contribution >= 0.6 is 0 Å². The van der Waals surface area contributed by atoms with Gasteiger partial charge in [0.2, 0.25) is 5.91 Å².